The van der Waals surface area contributed by atoms with Gasteiger partial charge in [0.05, 0.1) is 5.75 Å². The van der Waals surface area contributed by atoms with Crippen LogP contribution in [0.25, 0.3) is 0 Å². The molecule has 7 heteroatoms. The molecule has 2 aromatic carbocycles. The minimum Gasteiger partial charge on any atom is -0.483 e. The Bertz CT molecular complexity index is 978. The van der Waals surface area contributed by atoms with Crippen molar-refractivity contribution in [2.24, 2.45) is 7.05 Å². The van der Waals surface area contributed by atoms with E-state index in [1.165, 1.54) is 11.8 Å². The maximum Gasteiger partial charge on any atom is 0.234 e. The van der Waals surface area contributed by atoms with E-state index in [1.54, 1.807) is 0 Å². The predicted molar refractivity (Wildman–Crippen MR) is 116 cm³/mol. The number of anilines is 1. The number of nitrogens with one attached hydrogen (secondary N) is 1. The third kappa shape index (κ3) is 5.60. The van der Waals surface area contributed by atoms with Crippen LogP contribution in [0.1, 0.15) is 35.5 Å². The fourth-order valence-electron chi connectivity index (χ4n) is 3.03. The fourth-order valence-corrected chi connectivity index (χ4v) is 3.75. The first-order valence-electron chi connectivity index (χ1n) is 9.45. The molecule has 29 heavy (non-hydrogen) atoms. The molecule has 0 spiro atoms. The molecule has 0 saturated heterocycles. The minimum atomic E-state index is -0.260. The maximum absolute atomic E-state index is 12.2. The van der Waals surface area contributed by atoms with E-state index < -0.39 is 0 Å². The molecule has 0 bridgehead atoms. The lowest BCUT2D eigenvalue weighted by Crippen LogP contribution is -2.14. The lowest BCUT2D eigenvalue weighted by molar-refractivity contribution is -0.113. The van der Waals surface area contributed by atoms with Crippen molar-refractivity contribution in [1.82, 2.24) is 14.8 Å². The van der Waals surface area contributed by atoms with Crippen LogP contribution in [0.3, 0.4) is 0 Å². The van der Waals surface area contributed by atoms with Crippen LogP contribution in [0.15, 0.2) is 47.6 Å². The molecule has 0 saturated carbocycles. The zero-order chi connectivity index (χ0) is 21.0. The third-order valence-corrected chi connectivity index (χ3v) is 5.43. The summed E-state index contributed by atoms with van der Waals surface area (Å²) >= 11 is 1.35. The molecule has 0 aliphatic heterocycles. The number of aromatic nitrogens is 3. The standard InChI is InChI=1S/C22H26N4O2S/c1-14-6-8-18(9-7-14)23-20(27)13-29-22-25-24-21(26(22)5)17(4)28-19-11-15(2)10-16(3)12-19/h6-12,17H,13H2,1-5H3,(H,23,27). The number of carbonyl (C=O) groups excluding carboxylic acids is 1. The zero-order valence-corrected chi connectivity index (χ0v) is 18.2. The van der Waals surface area contributed by atoms with Crippen LogP contribution in [0.5, 0.6) is 5.75 Å². The van der Waals surface area contributed by atoms with Gasteiger partial charge in [-0.1, -0.05) is 35.5 Å². The highest BCUT2D eigenvalue weighted by Crippen LogP contribution is 2.25. The topological polar surface area (TPSA) is 69.0 Å². The van der Waals surface area contributed by atoms with Gasteiger partial charge in [-0.05, 0) is 63.1 Å². The monoisotopic (exact) mass is 410 g/mol. The van der Waals surface area contributed by atoms with Gasteiger partial charge in [0.1, 0.15) is 5.75 Å². The van der Waals surface area contributed by atoms with Gasteiger partial charge in [0, 0.05) is 12.7 Å². The van der Waals surface area contributed by atoms with Gasteiger partial charge in [-0.25, -0.2) is 0 Å². The van der Waals surface area contributed by atoms with E-state index in [4.69, 9.17) is 4.74 Å². The van der Waals surface area contributed by atoms with Gasteiger partial charge in [-0.15, -0.1) is 10.2 Å². The Balaban J connectivity index is 1.59. The average Bonchev–Trinajstić information content (AvgIpc) is 3.02. The summed E-state index contributed by atoms with van der Waals surface area (Å²) in [6, 6.07) is 13.8. The second kappa shape index (κ2) is 9.13. The number of rotatable bonds is 7. The van der Waals surface area contributed by atoms with E-state index in [1.807, 2.05) is 75.7 Å². The van der Waals surface area contributed by atoms with Gasteiger partial charge in [0.2, 0.25) is 5.91 Å². The summed E-state index contributed by atoms with van der Waals surface area (Å²) in [5.74, 6) is 1.70. The molecule has 0 aliphatic carbocycles. The van der Waals surface area contributed by atoms with Gasteiger partial charge in [-0.2, -0.15) is 0 Å². The summed E-state index contributed by atoms with van der Waals surface area (Å²) in [6.45, 7) is 8.05. The molecule has 152 valence electrons. The van der Waals surface area contributed by atoms with E-state index in [0.29, 0.717) is 11.0 Å². The number of thioether (sulfide) groups is 1. The maximum atomic E-state index is 12.2. The molecule has 0 aliphatic rings. The van der Waals surface area contributed by atoms with Crippen LogP contribution in [-0.4, -0.2) is 26.4 Å². The molecule has 3 aromatic rings. The number of ether oxygens (including phenoxy) is 1. The van der Waals surface area contributed by atoms with Crippen molar-refractivity contribution < 1.29 is 9.53 Å². The van der Waals surface area contributed by atoms with Crippen molar-refractivity contribution in [3.05, 3.63) is 65.0 Å². The van der Waals surface area contributed by atoms with Gasteiger partial charge >= 0.3 is 0 Å². The van der Waals surface area contributed by atoms with Crippen molar-refractivity contribution in [2.75, 3.05) is 11.1 Å². The first-order valence-corrected chi connectivity index (χ1v) is 10.4. The van der Waals surface area contributed by atoms with E-state index in [2.05, 4.69) is 21.6 Å². The van der Waals surface area contributed by atoms with E-state index >= 15 is 0 Å². The molecule has 3 rings (SSSR count). The van der Waals surface area contributed by atoms with Crippen LogP contribution < -0.4 is 10.1 Å². The van der Waals surface area contributed by atoms with Crippen LogP contribution in [0, 0.1) is 20.8 Å². The second-order valence-corrected chi connectivity index (χ2v) is 8.13. The highest BCUT2D eigenvalue weighted by Gasteiger charge is 2.18. The largest absolute Gasteiger partial charge is 0.483 e. The number of aryl methyl sites for hydroxylation is 3. The molecule has 0 fully saturated rings. The Labute approximate surface area is 175 Å². The molecule has 1 unspecified atom stereocenters. The number of hydrogen-bond acceptors (Lipinski definition) is 5. The Kier molecular flexibility index (Phi) is 6.59. The molecule has 1 N–H and O–H groups in total. The third-order valence-electron chi connectivity index (χ3n) is 4.41. The molecule has 1 atom stereocenters. The van der Waals surface area contributed by atoms with Gasteiger partial charge in [0.15, 0.2) is 17.1 Å². The highest BCUT2D eigenvalue weighted by atomic mass is 32.2. The Morgan fingerprint density at radius 2 is 1.72 bits per heavy atom. The van der Waals surface area contributed by atoms with Crippen LogP contribution >= 0.6 is 11.8 Å². The fraction of sp³-hybridized carbons (Fsp3) is 0.318. The predicted octanol–water partition coefficient (Wildman–Crippen LogP) is 4.61. The molecule has 1 amide bonds. The van der Waals surface area contributed by atoms with Crippen LogP contribution in [0.2, 0.25) is 0 Å². The summed E-state index contributed by atoms with van der Waals surface area (Å²) in [5.41, 5.74) is 4.25. The first kappa shape index (κ1) is 20.9. The normalized spacial score (nSPS) is 11.9. The van der Waals surface area contributed by atoms with Crippen molar-refractivity contribution in [1.29, 1.82) is 0 Å². The van der Waals surface area contributed by atoms with E-state index in [9.17, 15) is 4.79 Å². The second-order valence-electron chi connectivity index (χ2n) is 7.19. The van der Waals surface area contributed by atoms with E-state index in [-0.39, 0.29) is 17.8 Å². The number of benzene rings is 2. The molecule has 6 nitrogen and oxygen atoms in total. The van der Waals surface area contributed by atoms with Crippen molar-refractivity contribution >= 4 is 23.4 Å². The number of amides is 1. The zero-order valence-electron chi connectivity index (χ0n) is 17.4. The van der Waals surface area contributed by atoms with Crippen molar-refractivity contribution in [3.8, 4) is 5.75 Å². The van der Waals surface area contributed by atoms with E-state index in [0.717, 1.165) is 28.1 Å². The van der Waals surface area contributed by atoms with Crippen LogP contribution in [0.4, 0.5) is 5.69 Å². The summed E-state index contributed by atoms with van der Waals surface area (Å²) < 4.78 is 7.93. The van der Waals surface area contributed by atoms with Crippen LogP contribution in [-0.2, 0) is 11.8 Å². The number of hydrogen-bond donors (Lipinski definition) is 1. The van der Waals surface area contributed by atoms with Crippen molar-refractivity contribution in [2.45, 2.75) is 39.0 Å². The summed E-state index contributed by atoms with van der Waals surface area (Å²) in [7, 11) is 1.89. The Morgan fingerprint density at radius 3 is 2.38 bits per heavy atom. The minimum absolute atomic E-state index is 0.0806. The van der Waals surface area contributed by atoms with Gasteiger partial charge < -0.3 is 14.6 Å². The highest BCUT2D eigenvalue weighted by molar-refractivity contribution is 7.99. The SMILES string of the molecule is Cc1ccc(NC(=O)CSc2nnc(C(C)Oc3cc(C)cc(C)c3)n2C)cc1. The van der Waals surface area contributed by atoms with Gasteiger partial charge in [-0.3, -0.25) is 4.79 Å². The lowest BCUT2D eigenvalue weighted by Gasteiger charge is -2.15. The molecule has 0 radical (unpaired) electrons. The Hall–Kier alpha value is -2.80. The molecule has 1 heterocycles. The Morgan fingerprint density at radius 1 is 1.07 bits per heavy atom. The lowest BCUT2D eigenvalue weighted by atomic mass is 10.1. The molecular formula is C22H26N4O2S. The number of carbonyl (C=O) groups is 1. The summed E-state index contributed by atoms with van der Waals surface area (Å²) in [4.78, 5) is 12.2. The summed E-state index contributed by atoms with van der Waals surface area (Å²) in [6.07, 6.45) is -0.260. The first-order chi connectivity index (χ1) is 13.8. The quantitative estimate of drug-likeness (QED) is 0.576. The number of nitrogens with zero attached hydrogens (tertiary/aromatic N) is 3. The van der Waals surface area contributed by atoms with Crippen molar-refractivity contribution in [3.63, 3.8) is 0 Å². The molecule has 1 aromatic heterocycles. The average molecular weight is 411 g/mol. The van der Waals surface area contributed by atoms with Gasteiger partial charge in [0.25, 0.3) is 0 Å². The molecular weight excluding hydrogens is 384 g/mol. The smallest absolute Gasteiger partial charge is 0.234 e. The summed E-state index contributed by atoms with van der Waals surface area (Å²) in [5, 5.41) is 12.0.